The van der Waals surface area contributed by atoms with Gasteiger partial charge < -0.3 is 14.2 Å². The van der Waals surface area contributed by atoms with Crippen LogP contribution in [0.2, 0.25) is 0 Å². The molecule has 3 rings (SSSR count). The minimum absolute atomic E-state index is 0.0744. The molecule has 0 aromatic heterocycles. The Hall–Kier alpha value is -2.12. The van der Waals surface area contributed by atoms with Gasteiger partial charge in [-0.15, -0.1) is 0 Å². The Labute approximate surface area is 167 Å². The number of aromatic hydroxyl groups is 1. The molecule has 0 saturated carbocycles. The number of fused-ring (bicyclic) bond motifs is 2. The first-order valence-electron chi connectivity index (χ1n) is 8.29. The van der Waals surface area contributed by atoms with Crippen LogP contribution in [-0.2, 0) is 27.2 Å². The van der Waals surface area contributed by atoms with Gasteiger partial charge in [-0.2, -0.15) is 0 Å². The summed E-state index contributed by atoms with van der Waals surface area (Å²) in [6.45, 7) is 0. The van der Waals surface area contributed by atoms with E-state index in [0.717, 1.165) is 0 Å². The van der Waals surface area contributed by atoms with E-state index in [0.29, 0.717) is 10.8 Å². The second kappa shape index (κ2) is 8.32. The normalized spacial score (nSPS) is 12.4. The summed E-state index contributed by atoms with van der Waals surface area (Å²) in [4.78, 5) is 0. The lowest BCUT2D eigenvalue weighted by molar-refractivity contribution is 0.211. The van der Waals surface area contributed by atoms with Gasteiger partial charge in [-0.1, -0.05) is 24.3 Å². The van der Waals surface area contributed by atoms with Gasteiger partial charge in [-0.25, -0.2) is 9.13 Å². The molecule has 0 unspecified atom stereocenters. The number of rotatable bonds is 8. The summed E-state index contributed by atoms with van der Waals surface area (Å²) in [6.07, 6.45) is 0. The highest BCUT2D eigenvalue weighted by Crippen LogP contribution is 2.54. The van der Waals surface area contributed by atoms with Crippen molar-refractivity contribution in [1.82, 2.24) is 0 Å². The van der Waals surface area contributed by atoms with Crippen LogP contribution in [0.15, 0.2) is 42.5 Å². The van der Waals surface area contributed by atoms with Crippen molar-refractivity contribution in [2.24, 2.45) is 0 Å². The highest BCUT2D eigenvalue weighted by atomic mass is 31.2. The maximum Gasteiger partial charge on any atom is 0.529 e. The van der Waals surface area contributed by atoms with E-state index in [1.807, 2.05) is 0 Å². The third-order valence-corrected chi connectivity index (χ3v) is 6.85. The highest BCUT2D eigenvalue weighted by Gasteiger charge is 2.29. The second-order valence-corrected chi connectivity index (χ2v) is 9.36. The van der Waals surface area contributed by atoms with Gasteiger partial charge in [0.1, 0.15) is 17.2 Å². The van der Waals surface area contributed by atoms with Crippen molar-refractivity contribution in [2.45, 2.75) is 0 Å². The Morgan fingerprint density at radius 2 is 1.07 bits per heavy atom. The first-order chi connectivity index (χ1) is 13.8. The van der Waals surface area contributed by atoms with E-state index in [1.165, 1.54) is 40.6 Å². The summed E-state index contributed by atoms with van der Waals surface area (Å²) in [5.74, 6) is -0.0861. The summed E-state index contributed by atoms with van der Waals surface area (Å²) in [7, 11) is -3.00. The van der Waals surface area contributed by atoms with Gasteiger partial charge >= 0.3 is 15.6 Å². The molecular formula is C18H20O9P2. The summed E-state index contributed by atoms with van der Waals surface area (Å²) in [5.41, 5.74) is 0. The molecule has 0 aliphatic heterocycles. The van der Waals surface area contributed by atoms with Gasteiger partial charge in [0.05, 0.1) is 10.8 Å². The molecule has 0 atom stereocenters. The standard InChI is InChI=1S/C18H20O9P2/c1-22-28(20,23-2)26-14-9-5-7-12-11-13-8-6-10-15(17(13)18(19)16(12)14)27-29(21,24-3)25-4/h5-11,19H,1-4H3. The second-order valence-electron chi connectivity index (χ2n) is 5.74. The van der Waals surface area contributed by atoms with E-state index in [-0.39, 0.29) is 28.0 Å². The lowest BCUT2D eigenvalue weighted by Gasteiger charge is -2.19. The van der Waals surface area contributed by atoms with Crippen LogP contribution in [0.25, 0.3) is 21.5 Å². The number of phosphoric ester groups is 2. The number of phosphoric acid groups is 2. The summed E-state index contributed by atoms with van der Waals surface area (Å²) in [5, 5.41) is 12.7. The van der Waals surface area contributed by atoms with Crippen LogP contribution < -0.4 is 9.05 Å². The van der Waals surface area contributed by atoms with E-state index < -0.39 is 15.6 Å². The first-order valence-corrected chi connectivity index (χ1v) is 11.2. The molecule has 0 aliphatic carbocycles. The monoisotopic (exact) mass is 442 g/mol. The lowest BCUT2D eigenvalue weighted by Crippen LogP contribution is -1.99. The quantitative estimate of drug-likeness (QED) is 0.369. The largest absolute Gasteiger partial charge is 0.529 e. The van der Waals surface area contributed by atoms with Crippen LogP contribution in [0, 0.1) is 0 Å². The molecule has 0 aliphatic rings. The van der Waals surface area contributed by atoms with Crippen molar-refractivity contribution in [3.63, 3.8) is 0 Å². The molecule has 0 saturated heterocycles. The topological polar surface area (TPSA) is 110 Å². The molecule has 3 aromatic carbocycles. The van der Waals surface area contributed by atoms with Gasteiger partial charge in [0.25, 0.3) is 0 Å². The average Bonchev–Trinajstić information content (AvgIpc) is 2.73. The summed E-state index contributed by atoms with van der Waals surface area (Å²) >= 11 is 0. The highest BCUT2D eigenvalue weighted by molar-refractivity contribution is 7.49. The van der Waals surface area contributed by atoms with Crippen LogP contribution >= 0.6 is 15.6 Å². The zero-order chi connectivity index (χ0) is 21.2. The Bertz CT molecular complexity index is 1040. The molecule has 29 heavy (non-hydrogen) atoms. The number of hydrogen-bond acceptors (Lipinski definition) is 9. The smallest absolute Gasteiger partial charge is 0.506 e. The number of phenolic OH excluding ortho intramolecular Hbond substituents is 1. The predicted octanol–water partition coefficient (Wildman–Crippen LogP) is 5.26. The minimum atomic E-state index is -3.87. The Morgan fingerprint density at radius 3 is 1.41 bits per heavy atom. The zero-order valence-electron chi connectivity index (χ0n) is 16.1. The molecule has 0 bridgehead atoms. The van der Waals surface area contributed by atoms with E-state index in [2.05, 4.69) is 0 Å². The van der Waals surface area contributed by atoms with Gasteiger partial charge in [0, 0.05) is 28.4 Å². The van der Waals surface area contributed by atoms with Gasteiger partial charge in [-0.05, 0) is 29.0 Å². The third-order valence-electron chi connectivity index (χ3n) is 4.22. The van der Waals surface area contributed by atoms with Crippen molar-refractivity contribution in [3.8, 4) is 17.2 Å². The predicted molar refractivity (Wildman–Crippen MR) is 108 cm³/mol. The van der Waals surface area contributed by atoms with Gasteiger partial charge in [-0.3, -0.25) is 18.1 Å². The molecule has 0 radical (unpaired) electrons. The number of hydrogen-bond donors (Lipinski definition) is 1. The lowest BCUT2D eigenvalue weighted by atomic mass is 10.0. The number of benzene rings is 3. The molecule has 1 N–H and O–H groups in total. The molecule has 11 heteroatoms. The molecule has 0 fully saturated rings. The van der Waals surface area contributed by atoms with Crippen molar-refractivity contribution in [2.75, 3.05) is 28.4 Å². The molecule has 0 heterocycles. The van der Waals surface area contributed by atoms with Crippen LogP contribution in [-0.4, -0.2) is 33.5 Å². The van der Waals surface area contributed by atoms with Crippen LogP contribution in [0.4, 0.5) is 0 Å². The molecule has 0 amide bonds. The van der Waals surface area contributed by atoms with Crippen molar-refractivity contribution < 1.29 is 41.4 Å². The van der Waals surface area contributed by atoms with Gasteiger partial charge in [0.15, 0.2) is 0 Å². The van der Waals surface area contributed by atoms with E-state index in [9.17, 15) is 14.2 Å². The summed E-state index contributed by atoms with van der Waals surface area (Å²) in [6, 6.07) is 11.6. The van der Waals surface area contributed by atoms with E-state index in [4.69, 9.17) is 27.1 Å². The summed E-state index contributed by atoms with van der Waals surface area (Å²) < 4.78 is 55.0. The number of phenols is 1. The molecular weight excluding hydrogens is 422 g/mol. The maximum atomic E-state index is 12.4. The zero-order valence-corrected chi connectivity index (χ0v) is 17.9. The fourth-order valence-corrected chi connectivity index (χ4v) is 4.21. The Balaban J connectivity index is 2.27. The van der Waals surface area contributed by atoms with Crippen molar-refractivity contribution in [3.05, 3.63) is 42.5 Å². The molecule has 0 spiro atoms. The van der Waals surface area contributed by atoms with E-state index in [1.54, 1.807) is 30.3 Å². The Kier molecular flexibility index (Phi) is 6.19. The molecule has 156 valence electrons. The SMILES string of the molecule is COP(=O)(OC)Oc1cccc2cc3cccc(OP(=O)(OC)OC)c3c(O)c12. The molecule has 3 aromatic rings. The third kappa shape index (κ3) is 4.12. The van der Waals surface area contributed by atoms with Crippen molar-refractivity contribution >= 4 is 37.2 Å². The van der Waals surface area contributed by atoms with Crippen molar-refractivity contribution in [1.29, 1.82) is 0 Å². The molecule has 9 nitrogen and oxygen atoms in total. The maximum absolute atomic E-state index is 12.4. The first kappa shape index (κ1) is 21.6. The van der Waals surface area contributed by atoms with Crippen LogP contribution in [0.3, 0.4) is 0 Å². The minimum Gasteiger partial charge on any atom is -0.506 e. The van der Waals surface area contributed by atoms with Gasteiger partial charge in [0.2, 0.25) is 0 Å². The van der Waals surface area contributed by atoms with Crippen LogP contribution in [0.1, 0.15) is 0 Å². The van der Waals surface area contributed by atoms with Crippen LogP contribution in [0.5, 0.6) is 17.2 Å². The Morgan fingerprint density at radius 1 is 0.690 bits per heavy atom. The fraction of sp³-hybridized carbons (Fsp3) is 0.222. The fourth-order valence-electron chi connectivity index (χ4n) is 2.83. The average molecular weight is 442 g/mol. The van der Waals surface area contributed by atoms with E-state index >= 15 is 0 Å².